The number of H-pyrrole nitrogens is 1. The quantitative estimate of drug-likeness (QED) is 0.652. The number of aromatic nitrogens is 2. The van der Waals surface area contributed by atoms with Gasteiger partial charge in [-0.05, 0) is 42.4 Å². The minimum atomic E-state index is 0.0185. The lowest BCUT2D eigenvalue weighted by Crippen LogP contribution is -2.48. The molecule has 0 unspecified atom stereocenters. The van der Waals surface area contributed by atoms with Crippen LogP contribution in [0.25, 0.3) is 0 Å². The fraction of sp³-hybridized carbons (Fsp3) is 0.407. The average Bonchev–Trinajstić information content (AvgIpc) is 2.86. The van der Waals surface area contributed by atoms with E-state index in [-0.39, 0.29) is 5.56 Å². The summed E-state index contributed by atoms with van der Waals surface area (Å²) in [6.07, 6.45) is 5.11. The van der Waals surface area contributed by atoms with Gasteiger partial charge < -0.3 is 4.90 Å². The van der Waals surface area contributed by atoms with Crippen LogP contribution in [0, 0.1) is 0 Å². The van der Waals surface area contributed by atoms with Gasteiger partial charge in [0.1, 0.15) is 0 Å². The van der Waals surface area contributed by atoms with Crippen molar-refractivity contribution < 1.29 is 0 Å². The predicted molar refractivity (Wildman–Crippen MR) is 128 cm³/mol. The molecule has 0 radical (unpaired) electrons. The first-order valence-electron chi connectivity index (χ1n) is 12.0. The lowest BCUT2D eigenvalue weighted by molar-refractivity contribution is 0.110. The molecule has 0 bridgehead atoms. The molecule has 1 fully saturated rings. The van der Waals surface area contributed by atoms with Crippen molar-refractivity contribution >= 4 is 0 Å². The van der Waals surface area contributed by atoms with Crippen LogP contribution in [0.1, 0.15) is 46.8 Å². The van der Waals surface area contributed by atoms with E-state index in [1.165, 1.54) is 23.1 Å². The Kier molecular flexibility index (Phi) is 6.46. The molecule has 1 aliphatic heterocycles. The van der Waals surface area contributed by atoms with Gasteiger partial charge in [0.2, 0.25) is 0 Å². The second-order valence-electron chi connectivity index (χ2n) is 9.02. The van der Waals surface area contributed by atoms with Crippen LogP contribution in [0.3, 0.4) is 0 Å². The number of nitrogens with one attached hydrogen (secondary N) is 1. The Morgan fingerprint density at radius 1 is 0.812 bits per heavy atom. The SMILES string of the molecule is O=c1[nH]nc(CCN2CCN(C(c3ccccc3)c3ccccc3)CC2)c2c1CCCC2. The van der Waals surface area contributed by atoms with E-state index in [0.29, 0.717) is 6.04 Å². The van der Waals surface area contributed by atoms with Crippen molar-refractivity contribution in [2.45, 2.75) is 38.1 Å². The second-order valence-corrected chi connectivity index (χ2v) is 9.02. The number of hydrogen-bond acceptors (Lipinski definition) is 4. The van der Waals surface area contributed by atoms with E-state index in [0.717, 1.165) is 69.7 Å². The van der Waals surface area contributed by atoms with Gasteiger partial charge in [-0.25, -0.2) is 5.10 Å². The lowest BCUT2D eigenvalue weighted by Gasteiger charge is -2.40. The first-order valence-corrected chi connectivity index (χ1v) is 12.0. The normalized spacial score (nSPS) is 17.4. The summed E-state index contributed by atoms with van der Waals surface area (Å²) in [4.78, 5) is 17.3. The van der Waals surface area contributed by atoms with Crippen LogP contribution in [-0.4, -0.2) is 52.7 Å². The molecule has 5 nitrogen and oxygen atoms in total. The third-order valence-electron chi connectivity index (χ3n) is 7.05. The Hall–Kier alpha value is -2.76. The highest BCUT2D eigenvalue weighted by atomic mass is 16.1. The Balaban J connectivity index is 1.24. The van der Waals surface area contributed by atoms with Gasteiger partial charge >= 0.3 is 0 Å². The zero-order valence-electron chi connectivity index (χ0n) is 18.7. The molecule has 1 aliphatic carbocycles. The van der Waals surface area contributed by atoms with E-state index in [4.69, 9.17) is 0 Å². The van der Waals surface area contributed by atoms with Gasteiger partial charge in [0.15, 0.2) is 0 Å². The van der Waals surface area contributed by atoms with Crippen LogP contribution in [0.2, 0.25) is 0 Å². The van der Waals surface area contributed by atoms with Crippen LogP contribution in [0.5, 0.6) is 0 Å². The number of fused-ring (bicyclic) bond motifs is 1. The number of nitrogens with zero attached hydrogens (tertiary/aromatic N) is 3. The van der Waals surface area contributed by atoms with Crippen molar-refractivity contribution in [1.82, 2.24) is 20.0 Å². The van der Waals surface area contributed by atoms with Crippen molar-refractivity contribution in [2.75, 3.05) is 32.7 Å². The highest BCUT2D eigenvalue weighted by Gasteiger charge is 2.26. The van der Waals surface area contributed by atoms with Crippen LogP contribution in [-0.2, 0) is 19.3 Å². The lowest BCUT2D eigenvalue weighted by atomic mass is 9.91. The van der Waals surface area contributed by atoms with Crippen LogP contribution in [0.15, 0.2) is 65.5 Å². The Morgan fingerprint density at radius 3 is 2.03 bits per heavy atom. The van der Waals surface area contributed by atoms with Crippen LogP contribution < -0.4 is 5.56 Å². The molecule has 2 aromatic carbocycles. The number of benzene rings is 2. The molecule has 5 heteroatoms. The summed E-state index contributed by atoms with van der Waals surface area (Å²) in [5, 5.41) is 7.17. The molecule has 32 heavy (non-hydrogen) atoms. The topological polar surface area (TPSA) is 52.2 Å². The van der Waals surface area contributed by atoms with Gasteiger partial charge in [-0.1, -0.05) is 60.7 Å². The van der Waals surface area contributed by atoms with Crippen molar-refractivity contribution in [2.24, 2.45) is 0 Å². The second kappa shape index (κ2) is 9.80. The fourth-order valence-corrected chi connectivity index (χ4v) is 5.33. The first kappa shape index (κ1) is 21.1. The molecule has 2 heterocycles. The van der Waals surface area contributed by atoms with E-state index >= 15 is 0 Å². The maximum Gasteiger partial charge on any atom is 0.267 e. The molecular formula is C27H32N4O. The van der Waals surface area contributed by atoms with Gasteiger partial charge in [-0.3, -0.25) is 9.69 Å². The van der Waals surface area contributed by atoms with Gasteiger partial charge in [0, 0.05) is 44.7 Å². The zero-order valence-corrected chi connectivity index (χ0v) is 18.7. The molecule has 0 saturated carbocycles. The van der Waals surface area contributed by atoms with E-state index < -0.39 is 0 Å². The highest BCUT2D eigenvalue weighted by molar-refractivity contribution is 5.32. The Morgan fingerprint density at radius 2 is 1.41 bits per heavy atom. The molecule has 0 spiro atoms. The minimum Gasteiger partial charge on any atom is -0.300 e. The summed E-state index contributed by atoms with van der Waals surface area (Å²) in [7, 11) is 0. The number of aromatic amines is 1. The highest BCUT2D eigenvalue weighted by Crippen LogP contribution is 2.29. The number of rotatable bonds is 6. The van der Waals surface area contributed by atoms with Crippen molar-refractivity contribution in [3.8, 4) is 0 Å². The van der Waals surface area contributed by atoms with E-state index in [9.17, 15) is 4.79 Å². The standard InChI is InChI=1S/C27H32N4O/c32-27-24-14-8-7-13-23(24)25(28-29-27)15-16-30-17-19-31(20-18-30)26(21-9-3-1-4-10-21)22-11-5-2-6-12-22/h1-6,9-12,26H,7-8,13-20H2,(H,29,32). The molecule has 1 saturated heterocycles. The fourth-order valence-electron chi connectivity index (χ4n) is 5.33. The number of hydrogen-bond donors (Lipinski definition) is 1. The molecular weight excluding hydrogens is 396 g/mol. The Bertz CT molecular complexity index is 1030. The maximum atomic E-state index is 12.1. The van der Waals surface area contributed by atoms with Gasteiger partial charge in [0.05, 0.1) is 11.7 Å². The van der Waals surface area contributed by atoms with Gasteiger partial charge in [-0.2, -0.15) is 5.10 Å². The maximum absolute atomic E-state index is 12.1. The van der Waals surface area contributed by atoms with Crippen LogP contribution >= 0.6 is 0 Å². The van der Waals surface area contributed by atoms with Gasteiger partial charge in [-0.15, -0.1) is 0 Å². The molecule has 5 rings (SSSR count). The molecule has 1 aromatic heterocycles. The van der Waals surface area contributed by atoms with Crippen molar-refractivity contribution in [3.05, 3.63) is 99.0 Å². The molecule has 3 aromatic rings. The summed E-state index contributed by atoms with van der Waals surface area (Å²) in [6.45, 7) is 5.21. The molecule has 1 N–H and O–H groups in total. The van der Waals surface area contributed by atoms with E-state index in [2.05, 4.69) is 80.7 Å². The summed E-state index contributed by atoms with van der Waals surface area (Å²) < 4.78 is 0. The third kappa shape index (κ3) is 4.54. The summed E-state index contributed by atoms with van der Waals surface area (Å²) >= 11 is 0. The minimum absolute atomic E-state index is 0.0185. The monoisotopic (exact) mass is 428 g/mol. The molecule has 2 aliphatic rings. The summed E-state index contributed by atoms with van der Waals surface area (Å²) in [6, 6.07) is 22.0. The average molecular weight is 429 g/mol. The largest absolute Gasteiger partial charge is 0.300 e. The van der Waals surface area contributed by atoms with Crippen molar-refractivity contribution in [1.29, 1.82) is 0 Å². The smallest absolute Gasteiger partial charge is 0.267 e. The van der Waals surface area contributed by atoms with Crippen LogP contribution in [0.4, 0.5) is 0 Å². The van der Waals surface area contributed by atoms with Crippen molar-refractivity contribution in [3.63, 3.8) is 0 Å². The molecule has 0 atom stereocenters. The summed E-state index contributed by atoms with van der Waals surface area (Å²) in [5.41, 5.74) is 6.05. The molecule has 0 amide bonds. The molecule has 166 valence electrons. The van der Waals surface area contributed by atoms with E-state index in [1.54, 1.807) is 0 Å². The van der Waals surface area contributed by atoms with Gasteiger partial charge in [0.25, 0.3) is 5.56 Å². The van der Waals surface area contributed by atoms with E-state index in [1.807, 2.05) is 0 Å². The Labute approximate surface area is 190 Å². The number of piperazine rings is 1. The zero-order chi connectivity index (χ0) is 21.8. The summed E-state index contributed by atoms with van der Waals surface area (Å²) in [5.74, 6) is 0. The predicted octanol–water partition coefficient (Wildman–Crippen LogP) is 3.60. The first-order chi connectivity index (χ1) is 15.8. The third-order valence-corrected chi connectivity index (χ3v) is 7.05.